The molecule has 0 spiro atoms. The van der Waals surface area contributed by atoms with Crippen LogP contribution in [0, 0.1) is 29.6 Å². The van der Waals surface area contributed by atoms with Crippen LogP contribution < -0.4 is 5.73 Å². The van der Waals surface area contributed by atoms with Gasteiger partial charge in [0.05, 0.1) is 24.4 Å². The number of rotatable bonds is 6. The summed E-state index contributed by atoms with van der Waals surface area (Å²) in [5.74, 6) is -8.10. The van der Waals surface area contributed by atoms with Crippen molar-refractivity contribution >= 4 is 29.2 Å². The van der Waals surface area contributed by atoms with Gasteiger partial charge >= 0.3 is 5.97 Å². The number of aliphatic hydroxyl groups excluding tert-OH is 2. The molecule has 366 valence electrons. The Morgan fingerprint density at radius 2 is 1.58 bits per heavy atom. The van der Waals surface area contributed by atoms with Crippen LogP contribution in [-0.4, -0.2) is 138 Å². The Bertz CT molecular complexity index is 1760. The van der Waals surface area contributed by atoms with Gasteiger partial charge in [-0.3, -0.25) is 19.2 Å². The van der Waals surface area contributed by atoms with E-state index in [1.165, 1.54) is 14.2 Å². The lowest BCUT2D eigenvalue weighted by molar-refractivity contribution is -0.265. The van der Waals surface area contributed by atoms with E-state index in [1.54, 1.807) is 40.9 Å². The molecule has 65 heavy (non-hydrogen) atoms. The topological polar surface area (TPSA) is 221 Å². The Morgan fingerprint density at radius 3 is 2.26 bits per heavy atom. The van der Waals surface area contributed by atoms with E-state index in [4.69, 9.17) is 29.4 Å². The van der Waals surface area contributed by atoms with E-state index in [2.05, 4.69) is 0 Å². The first-order valence-electron chi connectivity index (χ1n) is 23.7. The Hall–Kier alpha value is -3.41. The van der Waals surface area contributed by atoms with Crippen LogP contribution in [0.2, 0.25) is 0 Å². The molecule has 4 aliphatic rings. The molecular weight excluding hydrogens is 837 g/mol. The fraction of sp³-hybridized carbons (Fsp3) is 0.740. The standard InChI is InChI=1S/C50H78N2O13/c1-29-15-11-10-12-16-30(2)41(61-7)27-36-20-18-34(6)50(60,65-36)47(57)48(58)52-22-14-13-17-38(52)49(59)64-42(37(51)25-35-19-21-39(53)43(26-35)62-8)28-40(54)31(3)24-33(5)45(56)46(63-9)44(55)32(4)23-29/h10-12,15-16,24,29,31-32,34-39,41-43,45-46,53,56,60H,13-14,17-23,25-28,51H2,1-9H3/b12-10+,15-11+,30-16+,33-24+/t29-,31-,32-,34-,35+,36+,37-,38+,39-,41+,42+,43-,45-,46+,50-/m1/s1. The Balaban J connectivity index is 1.70. The van der Waals surface area contributed by atoms with E-state index >= 15 is 0 Å². The number of hydrogen-bond donors (Lipinski definition) is 4. The number of ketones is 3. The van der Waals surface area contributed by atoms with Crippen molar-refractivity contribution in [2.75, 3.05) is 27.9 Å². The zero-order valence-corrected chi connectivity index (χ0v) is 40.2. The third kappa shape index (κ3) is 14.3. The number of nitrogens with zero attached hydrogens (tertiary/aromatic N) is 1. The van der Waals surface area contributed by atoms with Crippen LogP contribution in [0.4, 0.5) is 0 Å². The number of Topliss-reactive ketones (excluding diaryl/α,β-unsaturated/α-hetero) is 3. The van der Waals surface area contributed by atoms with E-state index in [9.17, 15) is 39.3 Å². The monoisotopic (exact) mass is 915 g/mol. The molecule has 3 fully saturated rings. The molecule has 5 N–H and O–H groups in total. The van der Waals surface area contributed by atoms with Gasteiger partial charge in [0.1, 0.15) is 30.1 Å². The predicted octanol–water partition coefficient (Wildman–Crippen LogP) is 4.87. The molecule has 15 heteroatoms. The molecule has 3 heterocycles. The number of methoxy groups -OCH3 is 3. The minimum absolute atomic E-state index is 0.00911. The molecular formula is C50H78N2O13. The fourth-order valence-electron chi connectivity index (χ4n) is 9.90. The number of allylic oxidation sites excluding steroid dienone is 6. The lowest BCUT2D eigenvalue weighted by atomic mass is 9.80. The summed E-state index contributed by atoms with van der Waals surface area (Å²) in [6, 6.07) is -2.03. The van der Waals surface area contributed by atoms with Gasteiger partial charge in [0.2, 0.25) is 5.79 Å². The maximum atomic E-state index is 14.3. The van der Waals surface area contributed by atoms with Crippen LogP contribution in [0.3, 0.4) is 0 Å². The molecule has 1 aliphatic carbocycles. The van der Waals surface area contributed by atoms with Crippen molar-refractivity contribution in [3.8, 4) is 0 Å². The molecule has 3 aliphatic heterocycles. The van der Waals surface area contributed by atoms with E-state index in [-0.39, 0.29) is 42.8 Å². The number of cyclic esters (lactones) is 1. The number of esters is 1. The average Bonchev–Trinajstić information content (AvgIpc) is 3.28. The van der Waals surface area contributed by atoms with Gasteiger partial charge in [0, 0.05) is 64.5 Å². The maximum absolute atomic E-state index is 14.3. The summed E-state index contributed by atoms with van der Waals surface area (Å²) in [5, 5.41) is 33.8. The number of amides is 1. The van der Waals surface area contributed by atoms with Crippen molar-refractivity contribution in [1.29, 1.82) is 0 Å². The van der Waals surface area contributed by atoms with Crippen molar-refractivity contribution in [1.82, 2.24) is 4.90 Å². The zero-order valence-electron chi connectivity index (χ0n) is 40.2. The number of carbonyl (C=O) groups excluding carboxylic acids is 5. The van der Waals surface area contributed by atoms with Gasteiger partial charge in [-0.05, 0) is 101 Å². The molecule has 2 bridgehead atoms. The molecule has 4 rings (SSSR count). The Kier molecular flexibility index (Phi) is 20.9. The molecule has 15 nitrogen and oxygen atoms in total. The zero-order chi connectivity index (χ0) is 48.2. The lowest BCUT2D eigenvalue weighted by Crippen LogP contribution is -2.61. The number of aliphatic hydroxyl groups is 3. The minimum Gasteiger partial charge on any atom is -0.459 e. The highest BCUT2D eigenvalue weighted by atomic mass is 16.6. The second-order valence-corrected chi connectivity index (χ2v) is 19.3. The second-order valence-electron chi connectivity index (χ2n) is 19.3. The normalized spacial score (nSPS) is 40.4. The van der Waals surface area contributed by atoms with Crippen molar-refractivity contribution in [2.45, 2.75) is 179 Å². The summed E-state index contributed by atoms with van der Waals surface area (Å²) in [6.45, 7) is 10.7. The SMILES string of the molecule is CO[C@H]1C[C@@H]2CC[C@@H](C)[C@@](O)(O2)C(=O)C(=O)N2CCCC[C@H]2C(=O)O[C@H]([C@H](N)C[C@@H]2CC[C@@H](O)[C@H](OC)C2)CC(=O)[C@H](C)/C=C(\C)[C@@H](O)[C@@H](OC)C(=O)[C@H](C)C[C@H](C)/C=C/C=C/C=C/1C. The summed E-state index contributed by atoms with van der Waals surface area (Å²) < 4.78 is 29.2. The smallest absolute Gasteiger partial charge is 0.329 e. The highest BCUT2D eigenvalue weighted by Crippen LogP contribution is 2.37. The van der Waals surface area contributed by atoms with E-state index in [0.717, 1.165) is 10.5 Å². The molecule has 0 unspecified atom stereocenters. The first kappa shape index (κ1) is 54.2. The fourth-order valence-corrected chi connectivity index (χ4v) is 9.90. The first-order chi connectivity index (χ1) is 30.7. The highest BCUT2D eigenvalue weighted by molar-refractivity contribution is 6.39. The Morgan fingerprint density at radius 1 is 0.862 bits per heavy atom. The van der Waals surface area contributed by atoms with Crippen molar-refractivity contribution in [3.63, 3.8) is 0 Å². The van der Waals surface area contributed by atoms with Crippen molar-refractivity contribution < 1.29 is 63.0 Å². The van der Waals surface area contributed by atoms with E-state index in [0.29, 0.717) is 69.8 Å². The maximum Gasteiger partial charge on any atom is 0.329 e. The first-order valence-corrected chi connectivity index (χ1v) is 23.7. The van der Waals surface area contributed by atoms with Gasteiger partial charge in [-0.25, -0.2) is 4.79 Å². The number of piperidine rings is 1. The van der Waals surface area contributed by atoms with Gasteiger partial charge < -0.3 is 49.6 Å². The van der Waals surface area contributed by atoms with Crippen LogP contribution in [0.1, 0.15) is 119 Å². The van der Waals surface area contributed by atoms with Gasteiger partial charge in [0.25, 0.3) is 11.7 Å². The summed E-state index contributed by atoms with van der Waals surface area (Å²) in [6.07, 6.45) is 10.0. The van der Waals surface area contributed by atoms with Gasteiger partial charge in [0.15, 0.2) is 5.78 Å². The second kappa shape index (κ2) is 25.1. The number of nitrogens with two attached hydrogens (primary N) is 1. The third-order valence-corrected chi connectivity index (χ3v) is 14.2. The van der Waals surface area contributed by atoms with Gasteiger partial charge in [-0.15, -0.1) is 0 Å². The number of carbonyl (C=O) groups is 5. The summed E-state index contributed by atoms with van der Waals surface area (Å²) in [4.78, 5) is 71.6. The van der Waals surface area contributed by atoms with E-state index < -0.39 is 96.0 Å². The van der Waals surface area contributed by atoms with Crippen LogP contribution in [0.5, 0.6) is 0 Å². The van der Waals surface area contributed by atoms with Crippen LogP contribution in [0.15, 0.2) is 47.6 Å². The minimum atomic E-state index is -2.45. The van der Waals surface area contributed by atoms with E-state index in [1.807, 2.05) is 44.2 Å². The van der Waals surface area contributed by atoms with Crippen LogP contribution in [0.25, 0.3) is 0 Å². The predicted molar refractivity (Wildman–Crippen MR) is 244 cm³/mol. The third-order valence-electron chi connectivity index (χ3n) is 14.2. The summed E-state index contributed by atoms with van der Waals surface area (Å²) >= 11 is 0. The molecule has 0 aromatic rings. The average molecular weight is 915 g/mol. The molecule has 1 saturated carbocycles. The van der Waals surface area contributed by atoms with Gasteiger partial charge in [-0.1, -0.05) is 64.2 Å². The van der Waals surface area contributed by atoms with Crippen LogP contribution >= 0.6 is 0 Å². The Labute approximate surface area is 386 Å². The lowest BCUT2D eigenvalue weighted by Gasteiger charge is -2.42. The highest BCUT2D eigenvalue weighted by Gasteiger charge is 2.53. The number of ether oxygens (including phenoxy) is 5. The molecule has 0 radical (unpaired) electrons. The molecule has 0 aromatic carbocycles. The number of hydrogen-bond acceptors (Lipinski definition) is 14. The molecule has 1 amide bonds. The molecule has 15 atom stereocenters. The quantitative estimate of drug-likeness (QED) is 0.159. The molecule has 2 saturated heterocycles. The summed E-state index contributed by atoms with van der Waals surface area (Å²) in [5.41, 5.74) is 8.06. The van der Waals surface area contributed by atoms with Gasteiger partial charge in [-0.2, -0.15) is 0 Å². The largest absolute Gasteiger partial charge is 0.459 e. The summed E-state index contributed by atoms with van der Waals surface area (Å²) in [7, 11) is 4.47. The van der Waals surface area contributed by atoms with Crippen molar-refractivity contribution in [2.24, 2.45) is 35.3 Å². The van der Waals surface area contributed by atoms with Crippen molar-refractivity contribution in [3.05, 3.63) is 47.6 Å². The number of fused-ring (bicyclic) bond motifs is 3. The van der Waals surface area contributed by atoms with Crippen LogP contribution in [-0.2, 0) is 47.7 Å². The molecule has 0 aromatic heterocycles.